The lowest BCUT2D eigenvalue weighted by molar-refractivity contribution is 0.0523. The van der Waals surface area contributed by atoms with Gasteiger partial charge in [-0.25, -0.2) is 4.98 Å². The highest BCUT2D eigenvalue weighted by atomic mass is 32.1. The number of hydrogen-bond acceptors (Lipinski definition) is 6. The van der Waals surface area contributed by atoms with Crippen LogP contribution in [-0.4, -0.2) is 58.5 Å². The van der Waals surface area contributed by atoms with Crippen LogP contribution in [0.5, 0.6) is 0 Å². The molecule has 0 spiro atoms. The molecule has 1 N–H and O–H groups in total. The first-order chi connectivity index (χ1) is 13.2. The molecular formula is C20H21N3O3S. The van der Waals surface area contributed by atoms with Crippen molar-refractivity contribution in [1.29, 1.82) is 0 Å². The average molecular weight is 383 g/mol. The minimum Gasteiger partial charge on any atom is -0.472 e. The topological polar surface area (TPSA) is 69.8 Å². The molecule has 4 rings (SSSR count). The molecule has 27 heavy (non-hydrogen) atoms. The Morgan fingerprint density at radius 2 is 1.96 bits per heavy atom. The van der Waals surface area contributed by atoms with Crippen LogP contribution in [0.3, 0.4) is 0 Å². The van der Waals surface area contributed by atoms with Gasteiger partial charge in [0.1, 0.15) is 17.0 Å². The van der Waals surface area contributed by atoms with Gasteiger partial charge in [0, 0.05) is 43.7 Å². The Kier molecular flexibility index (Phi) is 5.33. The summed E-state index contributed by atoms with van der Waals surface area (Å²) < 4.78 is 5.08. The van der Waals surface area contributed by atoms with Crippen molar-refractivity contribution >= 4 is 17.2 Å². The molecule has 0 bridgehead atoms. The summed E-state index contributed by atoms with van der Waals surface area (Å²) in [5, 5.41) is 13.0. The number of thiazole rings is 1. The molecule has 1 aromatic carbocycles. The third-order valence-corrected chi connectivity index (χ3v) is 5.66. The van der Waals surface area contributed by atoms with Gasteiger partial charge >= 0.3 is 0 Å². The third-order valence-electron chi connectivity index (χ3n) is 4.77. The number of carbonyl (C=O) groups is 1. The number of nitrogens with zero attached hydrogens (tertiary/aromatic N) is 3. The SMILES string of the molecule is O=C(c1csc(-c2ccoc2)n1)N1CCN(CC(O)c2ccccc2)CC1. The van der Waals surface area contributed by atoms with Crippen molar-refractivity contribution in [3.63, 3.8) is 0 Å². The van der Waals surface area contributed by atoms with E-state index in [1.165, 1.54) is 11.3 Å². The smallest absolute Gasteiger partial charge is 0.273 e. The van der Waals surface area contributed by atoms with Crippen LogP contribution in [0.2, 0.25) is 0 Å². The molecule has 140 valence electrons. The van der Waals surface area contributed by atoms with Gasteiger partial charge in [-0.15, -0.1) is 11.3 Å². The molecular weight excluding hydrogens is 362 g/mol. The number of amides is 1. The van der Waals surface area contributed by atoms with E-state index in [-0.39, 0.29) is 5.91 Å². The van der Waals surface area contributed by atoms with Gasteiger partial charge < -0.3 is 14.4 Å². The molecule has 1 aliphatic heterocycles. The maximum absolute atomic E-state index is 12.7. The number of hydrogen-bond donors (Lipinski definition) is 1. The van der Waals surface area contributed by atoms with Gasteiger partial charge in [-0.3, -0.25) is 9.69 Å². The minimum absolute atomic E-state index is 0.0377. The summed E-state index contributed by atoms with van der Waals surface area (Å²) in [6.07, 6.45) is 2.72. The summed E-state index contributed by atoms with van der Waals surface area (Å²) in [5.41, 5.74) is 2.29. The number of β-amino-alcohol motifs (C(OH)–C–C–N with tert-alkyl or cyclic N) is 1. The normalized spacial score (nSPS) is 16.4. The second-order valence-electron chi connectivity index (χ2n) is 6.57. The predicted octanol–water partition coefficient (Wildman–Crippen LogP) is 2.89. The van der Waals surface area contributed by atoms with E-state index in [2.05, 4.69) is 9.88 Å². The highest BCUT2D eigenvalue weighted by molar-refractivity contribution is 7.13. The van der Waals surface area contributed by atoms with Gasteiger partial charge in [-0.05, 0) is 11.6 Å². The minimum atomic E-state index is -0.510. The molecule has 1 unspecified atom stereocenters. The van der Waals surface area contributed by atoms with E-state index in [0.717, 1.165) is 29.2 Å². The Balaban J connectivity index is 1.32. The summed E-state index contributed by atoms with van der Waals surface area (Å²) >= 11 is 1.44. The number of rotatable bonds is 5. The molecule has 2 aromatic heterocycles. The lowest BCUT2D eigenvalue weighted by Gasteiger charge is -2.35. The Morgan fingerprint density at radius 3 is 2.67 bits per heavy atom. The Bertz CT molecular complexity index is 871. The summed E-state index contributed by atoms with van der Waals surface area (Å²) in [5.74, 6) is -0.0377. The monoisotopic (exact) mass is 383 g/mol. The van der Waals surface area contributed by atoms with Crippen LogP contribution in [0.15, 0.2) is 58.7 Å². The molecule has 3 aromatic rings. The average Bonchev–Trinajstić information content (AvgIpc) is 3.40. The van der Waals surface area contributed by atoms with Crippen molar-refractivity contribution in [3.05, 3.63) is 65.6 Å². The van der Waals surface area contributed by atoms with Crippen molar-refractivity contribution in [3.8, 4) is 10.6 Å². The summed E-state index contributed by atoms with van der Waals surface area (Å²) in [6, 6.07) is 11.5. The predicted molar refractivity (Wildman–Crippen MR) is 104 cm³/mol. The molecule has 6 nitrogen and oxygen atoms in total. The van der Waals surface area contributed by atoms with E-state index >= 15 is 0 Å². The van der Waals surface area contributed by atoms with Crippen LogP contribution >= 0.6 is 11.3 Å². The molecule has 0 radical (unpaired) electrons. The largest absolute Gasteiger partial charge is 0.472 e. The van der Waals surface area contributed by atoms with Gasteiger partial charge in [0.05, 0.1) is 12.4 Å². The number of furan rings is 1. The molecule has 0 saturated carbocycles. The van der Waals surface area contributed by atoms with Crippen LogP contribution < -0.4 is 0 Å². The zero-order valence-electron chi connectivity index (χ0n) is 14.8. The summed E-state index contributed by atoms with van der Waals surface area (Å²) in [7, 11) is 0. The van der Waals surface area contributed by atoms with E-state index in [0.29, 0.717) is 25.3 Å². The number of piperazine rings is 1. The Hall–Kier alpha value is -2.48. The lowest BCUT2D eigenvalue weighted by Crippen LogP contribution is -2.49. The standard InChI is InChI=1S/C20H21N3O3S/c24-18(15-4-2-1-3-5-15)12-22-7-9-23(10-8-22)20(25)17-14-27-19(21-17)16-6-11-26-13-16/h1-6,11,13-14,18,24H,7-10,12H2. The number of aliphatic hydroxyl groups is 1. The van der Waals surface area contributed by atoms with Crippen molar-refractivity contribution in [1.82, 2.24) is 14.8 Å². The third kappa shape index (κ3) is 4.10. The highest BCUT2D eigenvalue weighted by Crippen LogP contribution is 2.25. The van der Waals surface area contributed by atoms with E-state index in [9.17, 15) is 9.90 Å². The maximum Gasteiger partial charge on any atom is 0.273 e. The summed E-state index contributed by atoms with van der Waals surface area (Å²) in [6.45, 7) is 3.34. The molecule has 1 fully saturated rings. The van der Waals surface area contributed by atoms with Crippen molar-refractivity contribution in [2.75, 3.05) is 32.7 Å². The van der Waals surface area contributed by atoms with Crippen LogP contribution in [0.1, 0.15) is 22.2 Å². The molecule has 0 aliphatic carbocycles. The number of aliphatic hydroxyl groups excluding tert-OH is 1. The van der Waals surface area contributed by atoms with Crippen molar-refractivity contribution < 1.29 is 14.3 Å². The van der Waals surface area contributed by atoms with E-state index in [1.54, 1.807) is 17.9 Å². The van der Waals surface area contributed by atoms with Gasteiger partial charge in [-0.1, -0.05) is 30.3 Å². The molecule has 1 saturated heterocycles. The van der Waals surface area contributed by atoms with E-state index in [1.807, 2.05) is 41.3 Å². The highest BCUT2D eigenvalue weighted by Gasteiger charge is 2.25. The van der Waals surface area contributed by atoms with Crippen molar-refractivity contribution in [2.45, 2.75) is 6.10 Å². The van der Waals surface area contributed by atoms with E-state index in [4.69, 9.17) is 4.42 Å². The van der Waals surface area contributed by atoms with Crippen LogP contribution in [0, 0.1) is 0 Å². The lowest BCUT2D eigenvalue weighted by atomic mass is 10.1. The van der Waals surface area contributed by atoms with Gasteiger partial charge in [-0.2, -0.15) is 0 Å². The molecule has 3 heterocycles. The van der Waals surface area contributed by atoms with Crippen LogP contribution in [0.25, 0.3) is 10.6 Å². The first-order valence-corrected chi connectivity index (χ1v) is 9.81. The number of aromatic nitrogens is 1. The molecule has 1 aliphatic rings. The van der Waals surface area contributed by atoms with Gasteiger partial charge in [0.15, 0.2) is 0 Å². The first kappa shape index (κ1) is 17.9. The fourth-order valence-electron chi connectivity index (χ4n) is 3.21. The Morgan fingerprint density at radius 1 is 1.19 bits per heavy atom. The van der Waals surface area contributed by atoms with Crippen LogP contribution in [-0.2, 0) is 0 Å². The summed E-state index contributed by atoms with van der Waals surface area (Å²) in [4.78, 5) is 21.2. The molecule has 7 heteroatoms. The number of benzene rings is 1. The quantitative estimate of drug-likeness (QED) is 0.734. The fraction of sp³-hybridized carbons (Fsp3) is 0.300. The van der Waals surface area contributed by atoms with Crippen molar-refractivity contribution in [2.24, 2.45) is 0 Å². The van der Waals surface area contributed by atoms with E-state index < -0.39 is 6.10 Å². The zero-order valence-corrected chi connectivity index (χ0v) is 15.6. The maximum atomic E-state index is 12.7. The second kappa shape index (κ2) is 8.04. The molecule has 1 atom stereocenters. The number of carbonyl (C=O) groups excluding carboxylic acids is 1. The van der Waals surface area contributed by atoms with Crippen LogP contribution in [0.4, 0.5) is 0 Å². The molecule has 1 amide bonds. The Labute approximate surface area is 161 Å². The van der Waals surface area contributed by atoms with Gasteiger partial charge in [0.25, 0.3) is 5.91 Å². The zero-order chi connectivity index (χ0) is 18.6. The fourth-order valence-corrected chi connectivity index (χ4v) is 3.99. The van der Waals surface area contributed by atoms with Gasteiger partial charge in [0.2, 0.25) is 0 Å². The first-order valence-electron chi connectivity index (χ1n) is 8.93. The second-order valence-corrected chi connectivity index (χ2v) is 7.43.